The number of hydrogen-bond acceptors (Lipinski definition) is 4. The minimum absolute atomic E-state index is 0.00506. The molecule has 9 heteroatoms. The molecule has 0 fully saturated rings. The van der Waals surface area contributed by atoms with Crippen LogP contribution >= 0.6 is 0 Å². The number of benzene rings is 1. The molecular weight excluding hydrogens is 375 g/mol. The van der Waals surface area contributed by atoms with E-state index in [1.54, 1.807) is 17.6 Å². The van der Waals surface area contributed by atoms with Crippen molar-refractivity contribution >= 4 is 17.9 Å². The van der Waals surface area contributed by atoms with Crippen molar-refractivity contribution < 1.29 is 28.0 Å². The van der Waals surface area contributed by atoms with Gasteiger partial charge in [-0.3, -0.25) is 20.2 Å². The zero-order valence-electron chi connectivity index (χ0n) is 15.8. The third kappa shape index (κ3) is 9.01. The molecule has 0 aliphatic rings. The molecule has 0 saturated carbocycles. The number of nitrogens with one attached hydrogen (secondary N) is 3. The number of halogens is 3. The van der Waals surface area contributed by atoms with Crippen LogP contribution in [0.3, 0.4) is 0 Å². The molecule has 2 atom stereocenters. The van der Waals surface area contributed by atoms with E-state index in [1.165, 1.54) is 0 Å². The zero-order chi connectivity index (χ0) is 21.2. The molecule has 0 unspecified atom stereocenters. The van der Waals surface area contributed by atoms with Gasteiger partial charge in [0.05, 0.1) is 11.8 Å². The Labute approximate surface area is 162 Å². The van der Waals surface area contributed by atoms with Gasteiger partial charge in [-0.15, -0.1) is 0 Å². The van der Waals surface area contributed by atoms with E-state index in [9.17, 15) is 22.8 Å². The van der Waals surface area contributed by atoms with E-state index in [-0.39, 0.29) is 18.8 Å². The molecule has 1 rings (SSSR count). The molecule has 0 aromatic heterocycles. The predicted molar refractivity (Wildman–Crippen MR) is 98.7 cm³/mol. The van der Waals surface area contributed by atoms with Crippen molar-refractivity contribution in [2.45, 2.75) is 32.9 Å². The first-order valence-corrected chi connectivity index (χ1v) is 8.89. The normalized spacial score (nSPS) is 14.1. The summed E-state index contributed by atoms with van der Waals surface area (Å²) < 4.78 is 36.8. The van der Waals surface area contributed by atoms with E-state index < -0.39 is 36.4 Å². The van der Waals surface area contributed by atoms with E-state index in [1.807, 2.05) is 55.0 Å². The molecule has 0 radical (unpaired) electrons. The smallest absolute Gasteiger partial charge is 0.291 e. The van der Waals surface area contributed by atoms with Crippen molar-refractivity contribution in [1.82, 2.24) is 16.3 Å². The Balaban J connectivity index is 2.90. The molecule has 28 heavy (non-hydrogen) atoms. The number of allylic oxidation sites excluding steroid dienone is 1. The molecule has 0 heterocycles. The van der Waals surface area contributed by atoms with Crippen LogP contribution in [-0.4, -0.2) is 29.7 Å². The maximum absolute atomic E-state index is 12.4. The van der Waals surface area contributed by atoms with Crippen molar-refractivity contribution in [3.05, 3.63) is 42.0 Å². The second kappa shape index (κ2) is 11.5. The SMILES string of the molecule is CC(C)C[C@@H](C(=O)NNCC(F)(F)F)[C@H](CC=Cc1ccccc1)C(=O)NO. The number of alkyl halides is 3. The fourth-order valence-electron chi connectivity index (χ4n) is 2.74. The Morgan fingerprint density at radius 1 is 1.11 bits per heavy atom. The van der Waals surface area contributed by atoms with Crippen molar-refractivity contribution in [1.29, 1.82) is 0 Å². The highest BCUT2D eigenvalue weighted by Gasteiger charge is 2.34. The van der Waals surface area contributed by atoms with Crippen LogP contribution in [0.5, 0.6) is 0 Å². The molecule has 0 aliphatic carbocycles. The number of amides is 2. The molecule has 6 nitrogen and oxygen atoms in total. The maximum Gasteiger partial charge on any atom is 0.402 e. The Hall–Kier alpha value is -2.39. The summed E-state index contributed by atoms with van der Waals surface area (Å²) >= 11 is 0. The summed E-state index contributed by atoms with van der Waals surface area (Å²) in [6, 6.07) is 9.27. The van der Waals surface area contributed by atoms with E-state index in [0.29, 0.717) is 0 Å². The average molecular weight is 401 g/mol. The van der Waals surface area contributed by atoms with Crippen LogP contribution in [0.25, 0.3) is 6.08 Å². The fraction of sp³-hybridized carbons (Fsp3) is 0.474. The number of rotatable bonds is 10. The summed E-state index contributed by atoms with van der Waals surface area (Å²) in [6.07, 6.45) is -0.633. The van der Waals surface area contributed by atoms with Gasteiger partial charge in [-0.25, -0.2) is 10.9 Å². The maximum atomic E-state index is 12.4. The first kappa shape index (κ1) is 23.6. The largest absolute Gasteiger partial charge is 0.402 e. The monoisotopic (exact) mass is 401 g/mol. The topological polar surface area (TPSA) is 90.5 Å². The second-order valence-corrected chi connectivity index (χ2v) is 6.83. The van der Waals surface area contributed by atoms with Crippen molar-refractivity contribution in [3.8, 4) is 0 Å². The minimum atomic E-state index is -4.48. The van der Waals surface area contributed by atoms with E-state index in [4.69, 9.17) is 5.21 Å². The quantitative estimate of drug-likeness (QED) is 0.358. The van der Waals surface area contributed by atoms with Crippen LogP contribution < -0.4 is 16.3 Å². The number of hydrogen-bond donors (Lipinski definition) is 4. The summed E-state index contributed by atoms with van der Waals surface area (Å²) in [5.74, 6) is -3.37. The third-order valence-electron chi connectivity index (χ3n) is 4.00. The highest BCUT2D eigenvalue weighted by molar-refractivity contribution is 5.87. The van der Waals surface area contributed by atoms with Gasteiger partial charge in [-0.2, -0.15) is 13.2 Å². The van der Waals surface area contributed by atoms with E-state index in [2.05, 4.69) is 0 Å². The van der Waals surface area contributed by atoms with Crippen LogP contribution in [0.4, 0.5) is 13.2 Å². The van der Waals surface area contributed by atoms with Gasteiger partial charge in [0, 0.05) is 0 Å². The predicted octanol–water partition coefficient (Wildman–Crippen LogP) is 3.06. The average Bonchev–Trinajstić information content (AvgIpc) is 2.62. The first-order valence-electron chi connectivity index (χ1n) is 8.89. The van der Waals surface area contributed by atoms with Crippen LogP contribution in [-0.2, 0) is 9.59 Å². The fourth-order valence-corrected chi connectivity index (χ4v) is 2.74. The van der Waals surface area contributed by atoms with Gasteiger partial charge in [-0.1, -0.05) is 56.3 Å². The van der Waals surface area contributed by atoms with Crippen molar-refractivity contribution in [2.24, 2.45) is 17.8 Å². The molecular formula is C19H26F3N3O3. The lowest BCUT2D eigenvalue weighted by atomic mass is 9.82. The molecule has 0 saturated heterocycles. The molecule has 2 amide bonds. The lowest BCUT2D eigenvalue weighted by Crippen LogP contribution is -2.49. The first-order chi connectivity index (χ1) is 13.1. The van der Waals surface area contributed by atoms with Crippen LogP contribution in [0.2, 0.25) is 0 Å². The number of hydrazine groups is 1. The Kier molecular flexibility index (Phi) is 9.67. The Morgan fingerprint density at radius 2 is 1.75 bits per heavy atom. The van der Waals surface area contributed by atoms with Gasteiger partial charge in [0.2, 0.25) is 11.8 Å². The van der Waals surface area contributed by atoms with Gasteiger partial charge in [-0.05, 0) is 24.3 Å². The Bertz CT molecular complexity index is 649. The lowest BCUT2D eigenvalue weighted by molar-refractivity contribution is -0.143. The number of carbonyl (C=O) groups excluding carboxylic acids is 2. The van der Waals surface area contributed by atoms with Crippen LogP contribution in [0, 0.1) is 17.8 Å². The van der Waals surface area contributed by atoms with Gasteiger partial charge in [0.1, 0.15) is 6.54 Å². The van der Waals surface area contributed by atoms with Gasteiger partial charge >= 0.3 is 6.18 Å². The van der Waals surface area contributed by atoms with Gasteiger partial charge < -0.3 is 0 Å². The zero-order valence-corrected chi connectivity index (χ0v) is 15.8. The second-order valence-electron chi connectivity index (χ2n) is 6.83. The molecule has 1 aromatic rings. The van der Waals surface area contributed by atoms with Gasteiger partial charge in [0.15, 0.2) is 0 Å². The van der Waals surface area contributed by atoms with Crippen LogP contribution in [0.15, 0.2) is 36.4 Å². The Morgan fingerprint density at radius 3 is 2.29 bits per heavy atom. The summed E-state index contributed by atoms with van der Waals surface area (Å²) in [5.41, 5.74) is 6.29. The molecule has 0 bridgehead atoms. The summed E-state index contributed by atoms with van der Waals surface area (Å²) in [5, 5.41) is 9.05. The molecule has 156 valence electrons. The molecule has 0 aliphatic heterocycles. The summed E-state index contributed by atoms with van der Waals surface area (Å²) in [6.45, 7) is 2.27. The van der Waals surface area contributed by atoms with Crippen molar-refractivity contribution in [3.63, 3.8) is 0 Å². The number of hydroxylamine groups is 1. The summed E-state index contributed by atoms with van der Waals surface area (Å²) in [4.78, 5) is 24.6. The third-order valence-corrected chi connectivity index (χ3v) is 4.00. The minimum Gasteiger partial charge on any atom is -0.291 e. The molecule has 1 aromatic carbocycles. The lowest BCUT2D eigenvalue weighted by Gasteiger charge is -2.25. The van der Waals surface area contributed by atoms with Crippen molar-refractivity contribution in [2.75, 3.05) is 6.54 Å². The highest BCUT2D eigenvalue weighted by atomic mass is 19.4. The number of carbonyl (C=O) groups is 2. The highest BCUT2D eigenvalue weighted by Crippen LogP contribution is 2.25. The molecule has 4 N–H and O–H groups in total. The standard InChI is InChI=1S/C19H26F3N3O3/c1-13(2)11-16(17(26)24-23-12-19(20,21)22)15(18(27)25-28)10-6-9-14-7-4-3-5-8-14/h3-9,13,15-16,23,28H,10-12H2,1-2H3,(H,24,26)(H,25,27)/t15-,16+/m0/s1. The van der Waals surface area contributed by atoms with Gasteiger partial charge in [0.25, 0.3) is 0 Å². The van der Waals surface area contributed by atoms with Crippen LogP contribution in [0.1, 0.15) is 32.3 Å². The summed E-state index contributed by atoms with van der Waals surface area (Å²) in [7, 11) is 0. The van der Waals surface area contributed by atoms with E-state index in [0.717, 1.165) is 5.56 Å². The molecule has 0 spiro atoms. The van der Waals surface area contributed by atoms with E-state index >= 15 is 0 Å².